The number of rotatable bonds is 5. The van der Waals surface area contributed by atoms with Gasteiger partial charge in [-0.25, -0.2) is 0 Å². The molecule has 1 heterocycles. The lowest BCUT2D eigenvalue weighted by molar-refractivity contribution is 0.133. The van der Waals surface area contributed by atoms with E-state index < -0.39 is 6.10 Å². The summed E-state index contributed by atoms with van der Waals surface area (Å²) in [5.41, 5.74) is 4.53. The molecule has 0 bridgehead atoms. The molecule has 108 valence electrons. The Balaban J connectivity index is 2.08. The Labute approximate surface area is 120 Å². The van der Waals surface area contributed by atoms with Crippen molar-refractivity contribution in [1.29, 1.82) is 0 Å². The molecule has 0 aliphatic rings. The molecule has 2 atom stereocenters. The molecule has 20 heavy (non-hydrogen) atoms. The first-order chi connectivity index (χ1) is 9.49. The van der Waals surface area contributed by atoms with Crippen LogP contribution in [-0.2, 0) is 6.54 Å². The molecule has 2 aromatic rings. The molecule has 0 aliphatic heterocycles. The quantitative estimate of drug-likeness (QED) is 0.877. The molecule has 0 spiro atoms. The molecule has 3 heteroatoms. The van der Waals surface area contributed by atoms with Crippen LogP contribution < -0.4 is 5.32 Å². The fraction of sp³-hybridized carbons (Fsp3) is 0.412. The van der Waals surface area contributed by atoms with E-state index in [-0.39, 0.29) is 6.04 Å². The number of aliphatic hydroxyl groups excluding tert-OH is 1. The van der Waals surface area contributed by atoms with Gasteiger partial charge in [-0.1, -0.05) is 17.7 Å². The second-order valence-corrected chi connectivity index (χ2v) is 5.51. The molecule has 0 saturated heterocycles. The van der Waals surface area contributed by atoms with Gasteiger partial charge in [-0.05, 0) is 56.5 Å². The maximum atomic E-state index is 10.6. The van der Waals surface area contributed by atoms with Crippen molar-refractivity contribution < 1.29 is 9.52 Å². The fourth-order valence-electron chi connectivity index (χ4n) is 2.69. The second-order valence-electron chi connectivity index (χ2n) is 5.51. The predicted molar refractivity (Wildman–Crippen MR) is 80.6 cm³/mol. The van der Waals surface area contributed by atoms with Crippen LogP contribution in [0, 0.1) is 20.8 Å². The third kappa shape index (κ3) is 3.30. The Morgan fingerprint density at radius 1 is 1.20 bits per heavy atom. The van der Waals surface area contributed by atoms with Crippen molar-refractivity contribution in [3.63, 3.8) is 0 Å². The second kappa shape index (κ2) is 6.25. The van der Waals surface area contributed by atoms with Crippen LogP contribution in [0.2, 0.25) is 0 Å². The minimum atomic E-state index is -0.523. The average molecular weight is 273 g/mol. The van der Waals surface area contributed by atoms with Gasteiger partial charge in [0.2, 0.25) is 0 Å². The zero-order valence-electron chi connectivity index (χ0n) is 12.6. The molecule has 1 aromatic carbocycles. The molecule has 0 fully saturated rings. The van der Waals surface area contributed by atoms with Gasteiger partial charge in [0.15, 0.2) is 0 Å². The van der Waals surface area contributed by atoms with Crippen molar-refractivity contribution >= 4 is 0 Å². The summed E-state index contributed by atoms with van der Waals surface area (Å²) in [6.07, 6.45) is 1.14. The topological polar surface area (TPSA) is 45.4 Å². The van der Waals surface area contributed by atoms with Crippen LogP contribution in [0.1, 0.15) is 41.0 Å². The van der Waals surface area contributed by atoms with Crippen LogP contribution in [0.25, 0.3) is 0 Å². The molecule has 1 aromatic heterocycles. The molecule has 0 radical (unpaired) electrons. The van der Waals surface area contributed by atoms with Crippen molar-refractivity contribution in [2.45, 2.75) is 46.4 Å². The van der Waals surface area contributed by atoms with E-state index in [1.165, 1.54) is 5.56 Å². The minimum absolute atomic E-state index is 0.0415. The van der Waals surface area contributed by atoms with Gasteiger partial charge >= 0.3 is 0 Å². The van der Waals surface area contributed by atoms with Gasteiger partial charge in [-0.3, -0.25) is 0 Å². The third-order valence-corrected chi connectivity index (χ3v) is 3.69. The SMILES string of the molecule is Cc1cc(C)c(C(O)C(C)NCc2ccco2)c(C)c1. The summed E-state index contributed by atoms with van der Waals surface area (Å²) in [6.45, 7) is 8.80. The van der Waals surface area contributed by atoms with E-state index in [2.05, 4.69) is 38.2 Å². The number of aryl methyl sites for hydroxylation is 3. The zero-order chi connectivity index (χ0) is 14.7. The van der Waals surface area contributed by atoms with Gasteiger partial charge in [0.25, 0.3) is 0 Å². The van der Waals surface area contributed by atoms with Gasteiger partial charge in [0, 0.05) is 6.04 Å². The Hall–Kier alpha value is -1.58. The van der Waals surface area contributed by atoms with Crippen molar-refractivity contribution in [1.82, 2.24) is 5.32 Å². The Morgan fingerprint density at radius 2 is 1.85 bits per heavy atom. The van der Waals surface area contributed by atoms with Crippen molar-refractivity contribution in [3.05, 3.63) is 58.5 Å². The summed E-state index contributed by atoms with van der Waals surface area (Å²) in [5, 5.41) is 13.9. The van der Waals surface area contributed by atoms with Crippen LogP contribution in [0.3, 0.4) is 0 Å². The maximum Gasteiger partial charge on any atom is 0.117 e. The standard InChI is InChI=1S/C17H23NO2/c1-11-8-12(2)16(13(3)9-11)17(19)14(4)18-10-15-6-5-7-20-15/h5-9,14,17-19H,10H2,1-4H3. The number of nitrogens with one attached hydrogen (secondary N) is 1. The van der Waals surface area contributed by atoms with Crippen LogP contribution >= 0.6 is 0 Å². The summed E-state index contributed by atoms with van der Waals surface area (Å²) >= 11 is 0. The number of hydrogen-bond donors (Lipinski definition) is 2. The summed E-state index contributed by atoms with van der Waals surface area (Å²) in [6, 6.07) is 7.98. The smallest absolute Gasteiger partial charge is 0.117 e. The Bertz CT molecular complexity index is 537. The predicted octanol–water partition coefficient (Wildman–Crippen LogP) is 3.42. The van der Waals surface area contributed by atoms with E-state index in [9.17, 15) is 5.11 Å². The molecular formula is C17H23NO2. The maximum absolute atomic E-state index is 10.6. The molecule has 0 amide bonds. The molecule has 0 aliphatic carbocycles. The number of benzene rings is 1. The van der Waals surface area contributed by atoms with E-state index in [0.717, 1.165) is 22.5 Å². The highest BCUT2D eigenvalue weighted by Gasteiger charge is 2.20. The molecule has 2 rings (SSSR count). The molecule has 3 nitrogen and oxygen atoms in total. The number of aliphatic hydroxyl groups is 1. The summed E-state index contributed by atoms with van der Waals surface area (Å²) in [4.78, 5) is 0. The summed E-state index contributed by atoms with van der Waals surface area (Å²) in [5.74, 6) is 0.876. The normalized spacial score (nSPS) is 14.2. The van der Waals surface area contributed by atoms with Crippen LogP contribution in [-0.4, -0.2) is 11.1 Å². The fourth-order valence-corrected chi connectivity index (χ4v) is 2.69. The zero-order valence-corrected chi connectivity index (χ0v) is 12.6. The molecule has 2 N–H and O–H groups in total. The summed E-state index contributed by atoms with van der Waals surface area (Å²) < 4.78 is 5.29. The van der Waals surface area contributed by atoms with Crippen molar-refractivity contribution in [2.24, 2.45) is 0 Å². The van der Waals surface area contributed by atoms with Gasteiger partial charge in [0.05, 0.1) is 18.9 Å². The Morgan fingerprint density at radius 3 is 2.40 bits per heavy atom. The van der Waals surface area contributed by atoms with Crippen LogP contribution in [0.5, 0.6) is 0 Å². The first-order valence-corrected chi connectivity index (χ1v) is 7.00. The Kier molecular flexibility index (Phi) is 4.63. The van der Waals surface area contributed by atoms with Crippen molar-refractivity contribution in [2.75, 3.05) is 0 Å². The van der Waals surface area contributed by atoms with Crippen molar-refractivity contribution in [3.8, 4) is 0 Å². The molecule has 0 saturated carbocycles. The van der Waals surface area contributed by atoms with Gasteiger partial charge in [-0.2, -0.15) is 0 Å². The molecular weight excluding hydrogens is 250 g/mol. The first kappa shape index (κ1) is 14.8. The lowest BCUT2D eigenvalue weighted by Crippen LogP contribution is -2.32. The van der Waals surface area contributed by atoms with Gasteiger partial charge < -0.3 is 14.8 Å². The highest BCUT2D eigenvalue weighted by Crippen LogP contribution is 2.26. The van der Waals surface area contributed by atoms with E-state index in [1.807, 2.05) is 19.1 Å². The minimum Gasteiger partial charge on any atom is -0.468 e. The van der Waals surface area contributed by atoms with E-state index in [4.69, 9.17) is 4.42 Å². The first-order valence-electron chi connectivity index (χ1n) is 7.00. The van der Waals surface area contributed by atoms with E-state index in [0.29, 0.717) is 6.54 Å². The molecule has 2 unspecified atom stereocenters. The van der Waals surface area contributed by atoms with Crippen LogP contribution in [0.4, 0.5) is 0 Å². The number of furan rings is 1. The lowest BCUT2D eigenvalue weighted by atomic mass is 9.92. The van der Waals surface area contributed by atoms with E-state index >= 15 is 0 Å². The van der Waals surface area contributed by atoms with Gasteiger partial charge in [0.1, 0.15) is 5.76 Å². The van der Waals surface area contributed by atoms with Gasteiger partial charge in [-0.15, -0.1) is 0 Å². The highest BCUT2D eigenvalue weighted by molar-refractivity contribution is 5.39. The lowest BCUT2D eigenvalue weighted by Gasteiger charge is -2.24. The van der Waals surface area contributed by atoms with Crippen LogP contribution in [0.15, 0.2) is 34.9 Å². The third-order valence-electron chi connectivity index (χ3n) is 3.69. The summed E-state index contributed by atoms with van der Waals surface area (Å²) in [7, 11) is 0. The number of hydrogen-bond acceptors (Lipinski definition) is 3. The average Bonchev–Trinajstić information content (AvgIpc) is 2.87. The van der Waals surface area contributed by atoms with E-state index in [1.54, 1.807) is 6.26 Å². The monoisotopic (exact) mass is 273 g/mol. The largest absolute Gasteiger partial charge is 0.468 e. The highest BCUT2D eigenvalue weighted by atomic mass is 16.3.